The zero-order valence-electron chi connectivity index (χ0n) is 24.2. The Hall–Kier alpha value is -3.07. The summed E-state index contributed by atoms with van der Waals surface area (Å²) < 4.78 is 29.1. The third-order valence-electron chi connectivity index (χ3n) is 7.01. The molecule has 0 aliphatic heterocycles. The lowest BCUT2D eigenvalue weighted by Gasteiger charge is -2.33. The van der Waals surface area contributed by atoms with Crippen molar-refractivity contribution in [3.63, 3.8) is 0 Å². The van der Waals surface area contributed by atoms with E-state index < -0.39 is 28.5 Å². The van der Waals surface area contributed by atoms with Crippen LogP contribution in [0, 0.1) is 20.8 Å². The van der Waals surface area contributed by atoms with E-state index in [0.29, 0.717) is 33.3 Å². The summed E-state index contributed by atoms with van der Waals surface area (Å²) in [6.07, 6.45) is 0.717. The number of hydrogen-bond donors (Lipinski definition) is 1. The van der Waals surface area contributed by atoms with E-state index >= 15 is 0 Å². The maximum absolute atomic E-state index is 14.1. The number of carbonyl (C=O) groups is 2. The van der Waals surface area contributed by atoms with Gasteiger partial charge in [0.1, 0.15) is 12.6 Å². The maximum atomic E-state index is 14.1. The smallest absolute Gasteiger partial charge is 0.264 e. The molecule has 10 heteroatoms. The van der Waals surface area contributed by atoms with Crippen molar-refractivity contribution < 1.29 is 18.0 Å². The van der Waals surface area contributed by atoms with Gasteiger partial charge in [0, 0.05) is 12.6 Å². The van der Waals surface area contributed by atoms with Gasteiger partial charge in [-0.05, 0) is 82.5 Å². The lowest BCUT2D eigenvalue weighted by atomic mass is 10.1. The second kappa shape index (κ2) is 13.7. The van der Waals surface area contributed by atoms with Gasteiger partial charge in [0.05, 0.1) is 20.6 Å². The third kappa shape index (κ3) is 8.03. The number of nitrogens with one attached hydrogen (secondary N) is 1. The molecule has 3 aromatic carbocycles. The summed E-state index contributed by atoms with van der Waals surface area (Å²) in [6.45, 7) is 10.6. The van der Waals surface area contributed by atoms with Crippen LogP contribution in [0.1, 0.15) is 49.4 Å². The van der Waals surface area contributed by atoms with Gasteiger partial charge in [-0.1, -0.05) is 71.6 Å². The summed E-state index contributed by atoms with van der Waals surface area (Å²) in [6, 6.07) is 15.8. The van der Waals surface area contributed by atoms with Crippen molar-refractivity contribution in [2.45, 2.75) is 71.5 Å². The average molecular weight is 619 g/mol. The monoisotopic (exact) mass is 617 g/mol. The summed E-state index contributed by atoms with van der Waals surface area (Å²) in [5.41, 5.74) is 3.60. The molecule has 0 aliphatic carbocycles. The van der Waals surface area contributed by atoms with Crippen LogP contribution >= 0.6 is 23.2 Å². The van der Waals surface area contributed by atoms with Crippen LogP contribution in [0.15, 0.2) is 65.6 Å². The van der Waals surface area contributed by atoms with Gasteiger partial charge in [0.15, 0.2) is 0 Å². The first kappa shape index (κ1) is 32.4. The van der Waals surface area contributed by atoms with Gasteiger partial charge in [-0.3, -0.25) is 13.9 Å². The van der Waals surface area contributed by atoms with Gasteiger partial charge in [-0.25, -0.2) is 8.42 Å². The highest BCUT2D eigenvalue weighted by atomic mass is 35.5. The molecular weight excluding hydrogens is 581 g/mol. The fraction of sp³-hybridized carbons (Fsp3) is 0.355. The Morgan fingerprint density at radius 1 is 0.878 bits per heavy atom. The van der Waals surface area contributed by atoms with Crippen LogP contribution < -0.4 is 9.62 Å². The molecule has 0 radical (unpaired) electrons. The van der Waals surface area contributed by atoms with Crippen molar-refractivity contribution in [3.8, 4) is 0 Å². The van der Waals surface area contributed by atoms with Crippen molar-refractivity contribution in [2.24, 2.45) is 0 Å². The van der Waals surface area contributed by atoms with Gasteiger partial charge >= 0.3 is 0 Å². The minimum atomic E-state index is -4.14. The molecule has 0 saturated heterocycles. The third-order valence-corrected chi connectivity index (χ3v) is 9.53. The molecule has 3 rings (SSSR count). The summed E-state index contributed by atoms with van der Waals surface area (Å²) in [7, 11) is -4.14. The van der Waals surface area contributed by atoms with E-state index in [1.807, 2.05) is 33.8 Å². The number of halogens is 2. The number of carbonyl (C=O) groups excluding carboxylic acids is 2. The molecule has 1 N–H and O–H groups in total. The highest BCUT2D eigenvalue weighted by molar-refractivity contribution is 7.92. The fourth-order valence-electron chi connectivity index (χ4n) is 4.32. The minimum Gasteiger partial charge on any atom is -0.352 e. The molecule has 0 unspecified atom stereocenters. The number of benzene rings is 3. The van der Waals surface area contributed by atoms with Crippen LogP contribution in [-0.2, 0) is 26.2 Å². The Kier molecular flexibility index (Phi) is 10.9. The standard InChI is InChI=1S/C31H37Cl2N3O4S/c1-7-23(5)34-31(38)24(6)35(18-25-11-14-27(32)28(33)17-25)30(37)19-36(29-15-10-21(3)16-22(29)4)41(39,40)26-12-8-20(2)9-13-26/h8-17,23-24H,7,18-19H2,1-6H3,(H,34,38)/t23-,24+/m0/s1. The highest BCUT2D eigenvalue weighted by Gasteiger charge is 2.33. The van der Waals surface area contributed by atoms with Crippen LogP contribution in [0.2, 0.25) is 10.0 Å². The van der Waals surface area contributed by atoms with Crippen molar-refractivity contribution in [1.82, 2.24) is 10.2 Å². The molecule has 0 heterocycles. The quantitative estimate of drug-likeness (QED) is 0.268. The van der Waals surface area contributed by atoms with Gasteiger partial charge in [0.25, 0.3) is 10.0 Å². The molecule has 2 atom stereocenters. The molecule has 0 aliphatic rings. The molecule has 0 saturated carbocycles. The fourth-order valence-corrected chi connectivity index (χ4v) is 6.12. The second-order valence-corrected chi connectivity index (χ2v) is 13.1. The van der Waals surface area contributed by atoms with Crippen LogP contribution in [0.4, 0.5) is 5.69 Å². The van der Waals surface area contributed by atoms with E-state index in [-0.39, 0.29) is 23.4 Å². The second-order valence-electron chi connectivity index (χ2n) is 10.4. The lowest BCUT2D eigenvalue weighted by molar-refractivity contribution is -0.139. The molecule has 220 valence electrons. The van der Waals surface area contributed by atoms with Crippen LogP contribution in [-0.4, -0.2) is 43.8 Å². The van der Waals surface area contributed by atoms with Crippen LogP contribution in [0.3, 0.4) is 0 Å². The zero-order chi connectivity index (χ0) is 30.5. The van der Waals surface area contributed by atoms with Gasteiger partial charge in [-0.2, -0.15) is 0 Å². The van der Waals surface area contributed by atoms with Crippen molar-refractivity contribution in [2.75, 3.05) is 10.8 Å². The van der Waals surface area contributed by atoms with Gasteiger partial charge < -0.3 is 10.2 Å². The van der Waals surface area contributed by atoms with Gasteiger partial charge in [-0.15, -0.1) is 0 Å². The molecule has 7 nitrogen and oxygen atoms in total. The summed E-state index contributed by atoms with van der Waals surface area (Å²) in [5.74, 6) is -0.884. The summed E-state index contributed by atoms with van der Waals surface area (Å²) in [5, 5.41) is 3.60. The summed E-state index contributed by atoms with van der Waals surface area (Å²) >= 11 is 12.3. The molecular formula is C31H37Cl2N3O4S. The molecule has 0 spiro atoms. The van der Waals surface area contributed by atoms with E-state index in [9.17, 15) is 18.0 Å². The zero-order valence-corrected chi connectivity index (χ0v) is 26.6. The molecule has 41 heavy (non-hydrogen) atoms. The highest BCUT2D eigenvalue weighted by Crippen LogP contribution is 2.29. The van der Waals surface area contributed by atoms with E-state index in [1.54, 1.807) is 56.3 Å². The lowest BCUT2D eigenvalue weighted by Crippen LogP contribution is -2.52. The Morgan fingerprint density at radius 3 is 2.10 bits per heavy atom. The molecule has 0 aromatic heterocycles. The van der Waals surface area contributed by atoms with E-state index in [4.69, 9.17) is 23.2 Å². The normalized spacial score (nSPS) is 12.9. The predicted molar refractivity (Wildman–Crippen MR) is 166 cm³/mol. The SMILES string of the molecule is CC[C@H](C)NC(=O)[C@@H](C)N(Cc1ccc(Cl)c(Cl)c1)C(=O)CN(c1ccc(C)cc1C)S(=O)(=O)c1ccc(C)cc1. The first-order valence-corrected chi connectivity index (χ1v) is 15.6. The maximum Gasteiger partial charge on any atom is 0.264 e. The number of nitrogens with zero attached hydrogens (tertiary/aromatic N) is 2. The Bertz CT molecular complexity index is 1510. The number of aryl methyl sites for hydroxylation is 3. The number of amides is 2. The topological polar surface area (TPSA) is 86.8 Å². The molecule has 0 bridgehead atoms. The van der Waals surface area contributed by atoms with E-state index in [1.165, 1.54) is 17.0 Å². The van der Waals surface area contributed by atoms with E-state index in [2.05, 4.69) is 5.32 Å². The molecule has 0 fully saturated rings. The Morgan fingerprint density at radius 2 is 1.51 bits per heavy atom. The number of hydrogen-bond acceptors (Lipinski definition) is 4. The number of sulfonamides is 1. The Balaban J connectivity index is 2.07. The van der Waals surface area contributed by atoms with Crippen LogP contribution in [0.25, 0.3) is 0 Å². The van der Waals surface area contributed by atoms with Crippen molar-refractivity contribution in [3.05, 3.63) is 93.0 Å². The average Bonchev–Trinajstić information content (AvgIpc) is 2.92. The van der Waals surface area contributed by atoms with Crippen molar-refractivity contribution >= 4 is 50.7 Å². The van der Waals surface area contributed by atoms with Crippen LogP contribution in [0.5, 0.6) is 0 Å². The predicted octanol–water partition coefficient (Wildman–Crippen LogP) is 6.45. The summed E-state index contributed by atoms with van der Waals surface area (Å²) in [4.78, 5) is 28.7. The minimum absolute atomic E-state index is 0.0239. The number of rotatable bonds is 11. The Labute approximate surface area is 253 Å². The number of anilines is 1. The first-order valence-electron chi connectivity index (χ1n) is 13.4. The van der Waals surface area contributed by atoms with E-state index in [0.717, 1.165) is 15.4 Å². The largest absolute Gasteiger partial charge is 0.352 e. The van der Waals surface area contributed by atoms with Crippen molar-refractivity contribution in [1.29, 1.82) is 0 Å². The van der Waals surface area contributed by atoms with Gasteiger partial charge in [0.2, 0.25) is 11.8 Å². The molecule has 3 aromatic rings. The molecule has 2 amide bonds. The first-order chi connectivity index (χ1) is 19.2.